The second-order valence-corrected chi connectivity index (χ2v) is 5.75. The van der Waals surface area contributed by atoms with Crippen LogP contribution in [0.2, 0.25) is 0 Å². The van der Waals surface area contributed by atoms with Crippen LogP contribution in [0.25, 0.3) is 0 Å². The van der Waals surface area contributed by atoms with Gasteiger partial charge in [-0.1, -0.05) is 25.6 Å². The molecule has 0 bridgehead atoms. The number of hydrogen-bond donors (Lipinski definition) is 1. The van der Waals surface area contributed by atoms with Gasteiger partial charge in [-0.2, -0.15) is 0 Å². The normalized spacial score (nSPS) is 19.3. The Balaban J connectivity index is 1.88. The van der Waals surface area contributed by atoms with Gasteiger partial charge < -0.3 is 9.88 Å². The summed E-state index contributed by atoms with van der Waals surface area (Å²) in [5.74, 6) is 2.03. The first-order chi connectivity index (χ1) is 7.57. The van der Waals surface area contributed by atoms with Crippen LogP contribution >= 0.6 is 11.8 Å². The summed E-state index contributed by atoms with van der Waals surface area (Å²) in [5, 5.41) is 12.2. The summed E-state index contributed by atoms with van der Waals surface area (Å²) < 4.78 is 1.91. The van der Waals surface area contributed by atoms with Gasteiger partial charge in [-0.15, -0.1) is 10.2 Å². The highest BCUT2D eigenvalue weighted by Crippen LogP contribution is 2.26. The average molecular weight is 239 g/mol. The van der Waals surface area contributed by atoms with Gasteiger partial charge in [0.25, 0.3) is 0 Å². The maximum Gasteiger partial charge on any atom is 0.156 e. The van der Waals surface area contributed by atoms with Gasteiger partial charge in [0.1, 0.15) is 6.33 Å². The van der Waals surface area contributed by atoms with E-state index in [0.29, 0.717) is 12.0 Å². The SMILES string of the molecule is Cn1cnnc1CNC1=NCC(C)(C)CS1. The minimum atomic E-state index is 0.320. The minimum absolute atomic E-state index is 0.320. The molecule has 6 heteroatoms. The zero-order valence-corrected chi connectivity index (χ0v) is 10.7. The van der Waals surface area contributed by atoms with Crippen LogP contribution in [-0.2, 0) is 13.6 Å². The fraction of sp³-hybridized carbons (Fsp3) is 0.700. The Labute approximate surface area is 99.7 Å². The third-order valence-electron chi connectivity index (χ3n) is 2.45. The molecule has 0 unspecified atom stereocenters. The minimum Gasteiger partial charge on any atom is -0.358 e. The predicted octanol–water partition coefficient (Wildman–Crippen LogP) is 1.03. The number of nitrogens with zero attached hydrogens (tertiary/aromatic N) is 4. The van der Waals surface area contributed by atoms with E-state index in [4.69, 9.17) is 0 Å². The van der Waals surface area contributed by atoms with Crippen LogP contribution in [0.15, 0.2) is 11.3 Å². The molecule has 2 rings (SSSR count). The van der Waals surface area contributed by atoms with E-state index in [2.05, 4.69) is 34.4 Å². The van der Waals surface area contributed by atoms with E-state index in [0.717, 1.165) is 23.3 Å². The smallest absolute Gasteiger partial charge is 0.156 e. The molecule has 1 aromatic rings. The molecule has 0 atom stereocenters. The summed E-state index contributed by atoms with van der Waals surface area (Å²) >= 11 is 1.78. The van der Waals surface area contributed by atoms with Crippen molar-refractivity contribution in [2.75, 3.05) is 12.3 Å². The Morgan fingerprint density at radius 1 is 1.56 bits per heavy atom. The maximum absolute atomic E-state index is 4.52. The fourth-order valence-electron chi connectivity index (χ4n) is 1.37. The molecule has 1 N–H and O–H groups in total. The molecule has 0 saturated carbocycles. The number of aliphatic imine (C=N–C) groups is 1. The Bertz CT molecular complexity index is 396. The standard InChI is InChI=1S/C10H17N5S/c1-10(2)5-12-9(16-6-10)11-4-8-14-13-7-15(8)3/h7H,4-6H2,1-3H3,(H,11,12). The zero-order chi connectivity index (χ0) is 11.6. The molecule has 88 valence electrons. The van der Waals surface area contributed by atoms with E-state index in [1.54, 1.807) is 18.1 Å². The quantitative estimate of drug-likeness (QED) is 0.837. The van der Waals surface area contributed by atoms with Crippen molar-refractivity contribution in [1.82, 2.24) is 20.1 Å². The molecular weight excluding hydrogens is 222 g/mol. The Morgan fingerprint density at radius 3 is 2.94 bits per heavy atom. The first-order valence-electron chi connectivity index (χ1n) is 5.31. The third kappa shape index (κ3) is 2.75. The van der Waals surface area contributed by atoms with Crippen LogP contribution in [0.4, 0.5) is 0 Å². The lowest BCUT2D eigenvalue weighted by Gasteiger charge is -2.27. The largest absolute Gasteiger partial charge is 0.358 e. The van der Waals surface area contributed by atoms with Gasteiger partial charge in [0.2, 0.25) is 0 Å². The number of aromatic nitrogens is 3. The topological polar surface area (TPSA) is 55.1 Å². The molecule has 1 aromatic heterocycles. The molecule has 0 radical (unpaired) electrons. The summed E-state index contributed by atoms with van der Waals surface area (Å²) in [6.45, 7) is 6.05. The Morgan fingerprint density at radius 2 is 2.38 bits per heavy atom. The van der Waals surface area contributed by atoms with Crippen molar-refractivity contribution in [2.45, 2.75) is 20.4 Å². The van der Waals surface area contributed by atoms with Crippen LogP contribution in [-0.4, -0.2) is 32.2 Å². The van der Waals surface area contributed by atoms with Crippen LogP contribution in [0.5, 0.6) is 0 Å². The van der Waals surface area contributed by atoms with Crippen LogP contribution < -0.4 is 5.32 Å². The van der Waals surface area contributed by atoms with Gasteiger partial charge in [0.05, 0.1) is 6.54 Å². The number of aryl methyl sites for hydroxylation is 1. The number of hydrogen-bond acceptors (Lipinski definition) is 5. The second-order valence-electron chi connectivity index (χ2n) is 4.79. The van der Waals surface area contributed by atoms with Crippen molar-refractivity contribution in [3.05, 3.63) is 12.2 Å². The van der Waals surface area contributed by atoms with E-state index in [9.17, 15) is 0 Å². The highest BCUT2D eigenvalue weighted by molar-refractivity contribution is 8.13. The maximum atomic E-state index is 4.52. The van der Waals surface area contributed by atoms with E-state index >= 15 is 0 Å². The molecule has 16 heavy (non-hydrogen) atoms. The molecule has 0 aromatic carbocycles. The lowest BCUT2D eigenvalue weighted by atomic mass is 9.97. The average Bonchev–Trinajstić information content (AvgIpc) is 2.63. The monoisotopic (exact) mass is 239 g/mol. The second kappa shape index (κ2) is 4.45. The van der Waals surface area contributed by atoms with Crippen molar-refractivity contribution >= 4 is 16.9 Å². The van der Waals surface area contributed by atoms with Gasteiger partial charge in [0.15, 0.2) is 11.0 Å². The summed E-state index contributed by atoms with van der Waals surface area (Å²) in [6.07, 6.45) is 1.70. The van der Waals surface area contributed by atoms with Crippen molar-refractivity contribution < 1.29 is 0 Å². The molecule has 1 aliphatic heterocycles. The van der Waals surface area contributed by atoms with Crippen LogP contribution in [0.1, 0.15) is 19.7 Å². The van der Waals surface area contributed by atoms with Gasteiger partial charge >= 0.3 is 0 Å². The highest BCUT2D eigenvalue weighted by Gasteiger charge is 2.23. The lowest BCUT2D eigenvalue weighted by Crippen LogP contribution is -2.31. The Kier molecular flexibility index (Phi) is 3.18. The summed E-state index contributed by atoms with van der Waals surface area (Å²) in [5.41, 5.74) is 0.320. The van der Waals surface area contributed by atoms with E-state index in [-0.39, 0.29) is 0 Å². The molecule has 0 fully saturated rings. The van der Waals surface area contributed by atoms with Crippen molar-refractivity contribution in [3.8, 4) is 0 Å². The van der Waals surface area contributed by atoms with Gasteiger partial charge in [-0.05, 0) is 5.41 Å². The molecule has 2 heterocycles. The molecule has 1 aliphatic rings. The molecule has 5 nitrogen and oxygen atoms in total. The summed E-state index contributed by atoms with van der Waals surface area (Å²) in [7, 11) is 1.94. The van der Waals surface area contributed by atoms with E-state index in [1.165, 1.54) is 0 Å². The number of amidine groups is 1. The Hall–Kier alpha value is -1.04. The van der Waals surface area contributed by atoms with E-state index < -0.39 is 0 Å². The van der Waals surface area contributed by atoms with Gasteiger partial charge in [-0.3, -0.25) is 4.99 Å². The lowest BCUT2D eigenvalue weighted by molar-refractivity contribution is 0.436. The van der Waals surface area contributed by atoms with Crippen LogP contribution in [0, 0.1) is 5.41 Å². The zero-order valence-electron chi connectivity index (χ0n) is 9.90. The van der Waals surface area contributed by atoms with Crippen LogP contribution in [0.3, 0.4) is 0 Å². The molecular formula is C10H17N5S. The first kappa shape index (κ1) is 11.4. The fourth-order valence-corrected chi connectivity index (χ4v) is 2.32. The highest BCUT2D eigenvalue weighted by atomic mass is 32.2. The molecule has 0 spiro atoms. The van der Waals surface area contributed by atoms with E-state index in [1.807, 2.05) is 11.6 Å². The number of rotatable bonds is 2. The van der Waals surface area contributed by atoms with Crippen molar-refractivity contribution in [2.24, 2.45) is 17.5 Å². The first-order valence-corrected chi connectivity index (χ1v) is 6.29. The molecule has 0 aliphatic carbocycles. The summed E-state index contributed by atoms with van der Waals surface area (Å²) in [6, 6.07) is 0. The third-order valence-corrected chi connectivity index (χ3v) is 3.93. The number of thioether (sulfide) groups is 1. The predicted molar refractivity (Wildman–Crippen MR) is 66.4 cm³/mol. The molecule has 0 amide bonds. The van der Waals surface area contributed by atoms with Gasteiger partial charge in [0, 0.05) is 19.3 Å². The van der Waals surface area contributed by atoms with Crippen molar-refractivity contribution in [1.29, 1.82) is 0 Å². The van der Waals surface area contributed by atoms with Crippen molar-refractivity contribution in [3.63, 3.8) is 0 Å². The summed E-state index contributed by atoms with van der Waals surface area (Å²) in [4.78, 5) is 4.52. The number of nitrogens with one attached hydrogen (secondary N) is 1. The molecule has 0 saturated heterocycles. The van der Waals surface area contributed by atoms with Gasteiger partial charge in [-0.25, -0.2) is 0 Å².